The summed E-state index contributed by atoms with van der Waals surface area (Å²) in [6.07, 6.45) is 0. The van der Waals surface area contributed by atoms with Crippen LogP contribution in [0.1, 0.15) is 29.8 Å². The molecule has 2 aromatic carbocycles. The van der Waals surface area contributed by atoms with Crippen molar-refractivity contribution >= 4 is 27.6 Å². The number of nitrogens with one attached hydrogen (secondary N) is 1. The molecule has 8 nitrogen and oxygen atoms in total. The molecule has 0 aliphatic carbocycles. The Hall–Kier alpha value is -2.91. The lowest BCUT2D eigenvalue weighted by atomic mass is 10.1. The molecule has 0 aliphatic rings. The molecule has 0 atom stereocenters. The molecule has 0 saturated carbocycles. The van der Waals surface area contributed by atoms with Crippen molar-refractivity contribution in [2.45, 2.75) is 25.7 Å². The Bertz CT molecular complexity index is 1000. The van der Waals surface area contributed by atoms with Crippen LogP contribution in [-0.2, 0) is 19.6 Å². The van der Waals surface area contributed by atoms with Crippen molar-refractivity contribution in [3.8, 4) is 5.75 Å². The highest BCUT2D eigenvalue weighted by Gasteiger charge is 2.22. The van der Waals surface area contributed by atoms with E-state index in [1.54, 1.807) is 32.9 Å². The fourth-order valence-electron chi connectivity index (χ4n) is 2.59. The van der Waals surface area contributed by atoms with Gasteiger partial charge in [-0.25, -0.2) is 13.2 Å². The first-order valence-electron chi connectivity index (χ1n) is 9.05. The molecule has 0 fully saturated rings. The molecule has 0 spiro atoms. The van der Waals surface area contributed by atoms with Gasteiger partial charge in [-0.1, -0.05) is 26.0 Å². The summed E-state index contributed by atoms with van der Waals surface area (Å²) in [5.41, 5.74) is 0.999. The number of hydrogen-bond acceptors (Lipinski definition) is 6. The lowest BCUT2D eigenvalue weighted by Gasteiger charge is -2.18. The number of aromatic hydroxyl groups is 1. The number of hydrogen-bond donors (Lipinski definition) is 2. The smallest absolute Gasteiger partial charge is 0.338 e. The van der Waals surface area contributed by atoms with Gasteiger partial charge in [0.25, 0.3) is 5.91 Å². The number of nitrogens with zero attached hydrogens (tertiary/aromatic N) is 1. The largest absolute Gasteiger partial charge is 0.508 e. The van der Waals surface area contributed by atoms with Crippen LogP contribution in [0.15, 0.2) is 47.4 Å². The number of rotatable bonds is 8. The van der Waals surface area contributed by atoms with Crippen molar-refractivity contribution in [1.29, 1.82) is 0 Å². The van der Waals surface area contributed by atoms with E-state index in [9.17, 15) is 23.1 Å². The van der Waals surface area contributed by atoms with E-state index < -0.39 is 28.5 Å². The van der Waals surface area contributed by atoms with Crippen LogP contribution in [0.2, 0.25) is 0 Å². The monoisotopic (exact) mass is 420 g/mol. The maximum Gasteiger partial charge on any atom is 0.338 e. The predicted molar refractivity (Wildman–Crippen MR) is 108 cm³/mol. The quantitative estimate of drug-likeness (QED) is 0.635. The normalized spacial score (nSPS) is 11.3. The summed E-state index contributed by atoms with van der Waals surface area (Å²) < 4.78 is 31.4. The number of sulfonamides is 1. The van der Waals surface area contributed by atoms with Crippen LogP contribution in [-0.4, -0.2) is 49.4 Å². The Kier molecular flexibility index (Phi) is 7.35. The number of carbonyl (C=O) groups excluding carboxylic acids is 2. The van der Waals surface area contributed by atoms with E-state index in [1.165, 1.54) is 34.6 Å². The first kappa shape index (κ1) is 22.4. The van der Waals surface area contributed by atoms with Gasteiger partial charge in [-0.05, 0) is 42.8 Å². The van der Waals surface area contributed by atoms with E-state index >= 15 is 0 Å². The molecular weight excluding hydrogens is 396 g/mol. The van der Waals surface area contributed by atoms with Gasteiger partial charge in [-0.15, -0.1) is 0 Å². The van der Waals surface area contributed by atoms with Crippen LogP contribution in [0.25, 0.3) is 0 Å². The van der Waals surface area contributed by atoms with Gasteiger partial charge >= 0.3 is 5.97 Å². The van der Waals surface area contributed by atoms with Gasteiger partial charge in [0.15, 0.2) is 6.61 Å². The average Bonchev–Trinajstić information content (AvgIpc) is 2.69. The first-order chi connectivity index (χ1) is 13.7. The Morgan fingerprint density at radius 2 is 1.79 bits per heavy atom. The third kappa shape index (κ3) is 5.55. The maximum atomic E-state index is 12.6. The summed E-state index contributed by atoms with van der Waals surface area (Å²) in [6.45, 7) is 5.29. The number of aryl methyl sites for hydroxylation is 1. The van der Waals surface area contributed by atoms with Crippen LogP contribution in [0.3, 0.4) is 0 Å². The highest BCUT2D eigenvalue weighted by molar-refractivity contribution is 7.89. The van der Waals surface area contributed by atoms with Crippen LogP contribution in [0, 0.1) is 6.92 Å². The average molecular weight is 420 g/mol. The summed E-state index contributed by atoms with van der Waals surface area (Å²) in [4.78, 5) is 24.1. The Balaban J connectivity index is 2.02. The number of anilines is 1. The Labute approximate surface area is 170 Å². The molecule has 0 unspecified atom stereocenters. The summed E-state index contributed by atoms with van der Waals surface area (Å²) in [7, 11) is -3.66. The molecule has 9 heteroatoms. The minimum Gasteiger partial charge on any atom is -0.508 e. The number of ether oxygens (including phenoxy) is 1. The molecule has 0 aromatic heterocycles. The number of phenols is 1. The lowest BCUT2D eigenvalue weighted by molar-refractivity contribution is -0.119. The number of benzene rings is 2. The number of phenolic OH excluding ortho intramolecular Hbond substituents is 1. The Morgan fingerprint density at radius 1 is 1.10 bits per heavy atom. The van der Waals surface area contributed by atoms with Gasteiger partial charge in [-0.3, -0.25) is 4.79 Å². The minimum atomic E-state index is -3.66. The second-order valence-electron chi connectivity index (χ2n) is 6.24. The van der Waals surface area contributed by atoms with Gasteiger partial charge in [0.05, 0.1) is 10.5 Å². The Morgan fingerprint density at radius 3 is 2.41 bits per heavy atom. The fourth-order valence-corrected chi connectivity index (χ4v) is 4.10. The van der Waals surface area contributed by atoms with Crippen molar-refractivity contribution in [1.82, 2.24) is 4.31 Å². The van der Waals surface area contributed by atoms with Crippen molar-refractivity contribution < 1.29 is 27.9 Å². The maximum absolute atomic E-state index is 12.6. The second kappa shape index (κ2) is 9.53. The predicted octanol–water partition coefficient (Wildman–Crippen LogP) is 2.53. The summed E-state index contributed by atoms with van der Waals surface area (Å²) in [5, 5.41) is 12.2. The van der Waals surface area contributed by atoms with E-state index in [2.05, 4.69) is 5.32 Å². The molecule has 0 aliphatic heterocycles. The van der Waals surface area contributed by atoms with Crippen LogP contribution in [0.5, 0.6) is 5.75 Å². The van der Waals surface area contributed by atoms with Crippen molar-refractivity contribution in [3.63, 3.8) is 0 Å². The molecule has 29 heavy (non-hydrogen) atoms. The third-order valence-electron chi connectivity index (χ3n) is 4.24. The summed E-state index contributed by atoms with van der Waals surface area (Å²) in [5.74, 6) is -1.42. The zero-order valence-electron chi connectivity index (χ0n) is 16.5. The molecule has 0 saturated heterocycles. The minimum absolute atomic E-state index is 0.0462. The van der Waals surface area contributed by atoms with Crippen LogP contribution in [0.4, 0.5) is 5.69 Å². The summed E-state index contributed by atoms with van der Waals surface area (Å²) >= 11 is 0. The highest BCUT2D eigenvalue weighted by Crippen LogP contribution is 2.20. The van der Waals surface area contributed by atoms with Gasteiger partial charge in [-0.2, -0.15) is 4.31 Å². The van der Waals surface area contributed by atoms with Gasteiger partial charge < -0.3 is 15.2 Å². The van der Waals surface area contributed by atoms with E-state index in [0.717, 1.165) is 0 Å². The molecule has 1 amide bonds. The van der Waals surface area contributed by atoms with E-state index in [1.807, 2.05) is 0 Å². The third-order valence-corrected chi connectivity index (χ3v) is 6.29. The number of carbonyl (C=O) groups is 2. The molecule has 156 valence electrons. The zero-order valence-corrected chi connectivity index (χ0v) is 17.3. The molecule has 0 radical (unpaired) electrons. The molecule has 2 N–H and O–H groups in total. The summed E-state index contributed by atoms with van der Waals surface area (Å²) in [6, 6.07) is 10.2. The van der Waals surface area contributed by atoms with Gasteiger partial charge in [0.1, 0.15) is 5.75 Å². The molecule has 0 heterocycles. The standard InChI is InChI=1S/C20H24N2O6S/c1-4-22(5-2)29(26,27)17-8-6-7-16(12-17)21-19(24)13-28-20(25)15-10-9-14(3)18(23)11-15/h6-12,23H,4-5,13H2,1-3H3,(H,21,24). The second-order valence-corrected chi connectivity index (χ2v) is 8.18. The molecular formula is C20H24N2O6S. The molecule has 2 rings (SSSR count). The topological polar surface area (TPSA) is 113 Å². The fraction of sp³-hybridized carbons (Fsp3) is 0.300. The van der Waals surface area contributed by atoms with E-state index in [0.29, 0.717) is 18.7 Å². The zero-order chi connectivity index (χ0) is 21.6. The molecule has 0 bridgehead atoms. The highest BCUT2D eigenvalue weighted by atomic mass is 32.2. The van der Waals surface area contributed by atoms with Crippen LogP contribution >= 0.6 is 0 Å². The van der Waals surface area contributed by atoms with Crippen LogP contribution < -0.4 is 5.32 Å². The van der Waals surface area contributed by atoms with Crippen molar-refractivity contribution in [3.05, 3.63) is 53.6 Å². The number of esters is 1. The van der Waals surface area contributed by atoms with Crippen molar-refractivity contribution in [2.24, 2.45) is 0 Å². The van der Waals surface area contributed by atoms with Gasteiger partial charge in [0, 0.05) is 18.8 Å². The van der Waals surface area contributed by atoms with Gasteiger partial charge in [0.2, 0.25) is 10.0 Å². The number of amides is 1. The SMILES string of the molecule is CCN(CC)S(=O)(=O)c1cccc(NC(=O)COC(=O)c2ccc(C)c(O)c2)c1. The lowest BCUT2D eigenvalue weighted by Crippen LogP contribution is -2.30. The van der Waals surface area contributed by atoms with E-state index in [-0.39, 0.29) is 21.9 Å². The first-order valence-corrected chi connectivity index (χ1v) is 10.5. The molecule has 2 aromatic rings. The van der Waals surface area contributed by atoms with E-state index in [4.69, 9.17) is 4.74 Å². The van der Waals surface area contributed by atoms with Crippen molar-refractivity contribution in [2.75, 3.05) is 25.0 Å².